The first-order chi connectivity index (χ1) is 9.56. The van der Waals surface area contributed by atoms with Crippen LogP contribution in [0.3, 0.4) is 0 Å². The predicted molar refractivity (Wildman–Crippen MR) is 74.1 cm³/mol. The molecule has 1 aromatic carbocycles. The van der Waals surface area contributed by atoms with Crippen LogP contribution < -0.4 is 4.74 Å². The van der Waals surface area contributed by atoms with E-state index < -0.39 is 0 Å². The summed E-state index contributed by atoms with van der Waals surface area (Å²) in [6.07, 6.45) is 0.638. The maximum atomic E-state index is 12.1. The van der Waals surface area contributed by atoms with Crippen molar-refractivity contribution in [3.05, 3.63) is 41.7 Å². The van der Waals surface area contributed by atoms with E-state index in [0.717, 1.165) is 0 Å². The van der Waals surface area contributed by atoms with E-state index in [1.54, 1.807) is 44.4 Å². The number of carbonyl (C=O) groups excluding carboxylic acids is 2. The number of benzene rings is 1. The first kappa shape index (κ1) is 13.9. The van der Waals surface area contributed by atoms with Crippen LogP contribution in [0.5, 0.6) is 5.75 Å². The minimum atomic E-state index is -0.161. The van der Waals surface area contributed by atoms with Gasteiger partial charge in [-0.25, -0.2) is 0 Å². The number of hydrogen-bond acceptors (Lipinski definition) is 4. The van der Waals surface area contributed by atoms with Crippen molar-refractivity contribution in [1.29, 1.82) is 0 Å². The Morgan fingerprint density at radius 1 is 1.25 bits per heavy atom. The highest BCUT2D eigenvalue weighted by Gasteiger charge is 2.16. The van der Waals surface area contributed by atoms with Crippen molar-refractivity contribution in [2.45, 2.75) is 0 Å². The van der Waals surface area contributed by atoms with Crippen LogP contribution in [-0.4, -0.2) is 38.3 Å². The van der Waals surface area contributed by atoms with Crippen molar-refractivity contribution in [3.8, 4) is 17.1 Å². The molecule has 104 valence electrons. The molecule has 0 saturated heterocycles. The highest BCUT2D eigenvalue weighted by molar-refractivity contribution is 5.97. The van der Waals surface area contributed by atoms with Gasteiger partial charge in [-0.2, -0.15) is 0 Å². The molecule has 5 nitrogen and oxygen atoms in total. The molecule has 0 atom stereocenters. The second-order valence-electron chi connectivity index (χ2n) is 4.43. The highest BCUT2D eigenvalue weighted by atomic mass is 16.5. The summed E-state index contributed by atoms with van der Waals surface area (Å²) < 4.78 is 10.6. The van der Waals surface area contributed by atoms with Gasteiger partial charge < -0.3 is 14.1 Å². The lowest BCUT2D eigenvalue weighted by molar-refractivity contribution is 0.0824. The van der Waals surface area contributed by atoms with Crippen LogP contribution in [-0.2, 0) is 0 Å². The van der Waals surface area contributed by atoms with Crippen LogP contribution in [0.4, 0.5) is 0 Å². The number of nitrogens with zero attached hydrogens (tertiary/aromatic N) is 1. The summed E-state index contributed by atoms with van der Waals surface area (Å²) in [5, 5.41) is 0. The van der Waals surface area contributed by atoms with E-state index in [1.807, 2.05) is 0 Å². The van der Waals surface area contributed by atoms with E-state index in [4.69, 9.17) is 9.15 Å². The average molecular weight is 273 g/mol. The molecule has 0 unspecified atom stereocenters. The lowest BCUT2D eigenvalue weighted by atomic mass is 10.1. The van der Waals surface area contributed by atoms with Gasteiger partial charge in [0.15, 0.2) is 12.0 Å². The maximum Gasteiger partial charge on any atom is 0.257 e. The first-order valence-corrected chi connectivity index (χ1v) is 6.02. The van der Waals surface area contributed by atoms with Gasteiger partial charge in [0.25, 0.3) is 5.91 Å². The van der Waals surface area contributed by atoms with E-state index in [9.17, 15) is 9.59 Å². The normalized spacial score (nSPS) is 10.2. The maximum absolute atomic E-state index is 12.1. The number of furan rings is 1. The summed E-state index contributed by atoms with van der Waals surface area (Å²) in [4.78, 5) is 24.2. The molecule has 1 amide bonds. The fourth-order valence-corrected chi connectivity index (χ4v) is 1.84. The van der Waals surface area contributed by atoms with Crippen LogP contribution >= 0.6 is 0 Å². The number of hydrogen-bond donors (Lipinski definition) is 0. The molecule has 1 heterocycles. The molecular weight excluding hydrogens is 258 g/mol. The van der Waals surface area contributed by atoms with E-state index in [2.05, 4.69) is 0 Å². The molecule has 0 fully saturated rings. The quantitative estimate of drug-likeness (QED) is 0.803. The summed E-state index contributed by atoms with van der Waals surface area (Å²) in [6.45, 7) is 0. The number of aldehydes is 1. The molecule has 0 bridgehead atoms. The Morgan fingerprint density at radius 2 is 2.00 bits per heavy atom. The molecule has 2 aromatic rings. The van der Waals surface area contributed by atoms with Crippen molar-refractivity contribution < 1.29 is 18.7 Å². The highest BCUT2D eigenvalue weighted by Crippen LogP contribution is 2.28. The molecule has 20 heavy (non-hydrogen) atoms. The molecule has 0 aliphatic heterocycles. The lowest BCUT2D eigenvalue weighted by Gasteiger charge is -2.14. The van der Waals surface area contributed by atoms with E-state index in [-0.39, 0.29) is 11.7 Å². The Morgan fingerprint density at radius 3 is 2.55 bits per heavy atom. The molecule has 5 heteroatoms. The summed E-state index contributed by atoms with van der Waals surface area (Å²) >= 11 is 0. The molecular formula is C15H15NO4. The predicted octanol–water partition coefficient (Wildman–Crippen LogP) is 2.47. The Hall–Kier alpha value is -2.56. The van der Waals surface area contributed by atoms with Gasteiger partial charge in [-0.3, -0.25) is 9.59 Å². The first-order valence-electron chi connectivity index (χ1n) is 6.02. The second kappa shape index (κ2) is 5.61. The smallest absolute Gasteiger partial charge is 0.257 e. The van der Waals surface area contributed by atoms with Crippen molar-refractivity contribution in [2.24, 2.45) is 0 Å². The minimum Gasteiger partial charge on any atom is -0.496 e. The zero-order valence-electron chi connectivity index (χ0n) is 11.5. The molecule has 0 saturated carbocycles. The van der Waals surface area contributed by atoms with Gasteiger partial charge in [0.1, 0.15) is 11.5 Å². The third-order valence-electron chi connectivity index (χ3n) is 2.86. The summed E-state index contributed by atoms with van der Waals surface area (Å²) in [5.74, 6) is 1.11. The molecule has 2 rings (SSSR count). The second-order valence-corrected chi connectivity index (χ2v) is 4.43. The summed E-state index contributed by atoms with van der Waals surface area (Å²) in [5.41, 5.74) is 1.16. The Bertz CT molecular complexity index is 643. The third kappa shape index (κ3) is 2.56. The molecule has 0 N–H and O–H groups in total. The van der Waals surface area contributed by atoms with Crippen LogP contribution in [0.25, 0.3) is 11.3 Å². The Balaban J connectivity index is 2.48. The van der Waals surface area contributed by atoms with E-state index in [1.165, 1.54) is 12.0 Å². The molecule has 1 aromatic heterocycles. The SMILES string of the molecule is COc1ccc(-c2ccc(C=O)o2)cc1C(=O)N(C)C. The van der Waals surface area contributed by atoms with Crippen molar-refractivity contribution in [2.75, 3.05) is 21.2 Å². The van der Waals surface area contributed by atoms with E-state index in [0.29, 0.717) is 28.9 Å². The number of rotatable bonds is 4. The van der Waals surface area contributed by atoms with Crippen LogP contribution in [0, 0.1) is 0 Å². The standard InChI is InChI=1S/C15H15NO4/c1-16(2)15(18)12-8-10(4-6-14(12)19-3)13-7-5-11(9-17)20-13/h4-9H,1-3H3. The van der Waals surface area contributed by atoms with Gasteiger partial charge >= 0.3 is 0 Å². The van der Waals surface area contributed by atoms with Gasteiger partial charge in [0.2, 0.25) is 0 Å². The Kier molecular flexibility index (Phi) is 3.89. The molecule has 0 aliphatic carbocycles. The Labute approximate surface area is 116 Å². The fourth-order valence-electron chi connectivity index (χ4n) is 1.84. The molecule has 0 aliphatic rings. The molecule has 0 spiro atoms. The average Bonchev–Trinajstić information content (AvgIpc) is 2.94. The zero-order valence-corrected chi connectivity index (χ0v) is 11.5. The van der Waals surface area contributed by atoms with Gasteiger partial charge in [-0.1, -0.05) is 0 Å². The summed E-state index contributed by atoms with van der Waals surface area (Å²) in [7, 11) is 4.86. The molecule has 0 radical (unpaired) electrons. The van der Waals surface area contributed by atoms with Crippen LogP contribution in [0.2, 0.25) is 0 Å². The van der Waals surface area contributed by atoms with Gasteiger partial charge in [0, 0.05) is 19.7 Å². The number of carbonyl (C=O) groups is 2. The van der Waals surface area contributed by atoms with Gasteiger partial charge in [-0.15, -0.1) is 0 Å². The number of ether oxygens (including phenoxy) is 1. The zero-order chi connectivity index (χ0) is 14.7. The third-order valence-corrected chi connectivity index (χ3v) is 2.86. The lowest BCUT2D eigenvalue weighted by Crippen LogP contribution is -2.22. The van der Waals surface area contributed by atoms with Gasteiger partial charge in [-0.05, 0) is 30.3 Å². The van der Waals surface area contributed by atoms with Crippen LogP contribution in [0.15, 0.2) is 34.7 Å². The fraction of sp³-hybridized carbons (Fsp3) is 0.200. The summed E-state index contributed by atoms with van der Waals surface area (Å²) in [6, 6.07) is 8.44. The van der Waals surface area contributed by atoms with Crippen molar-refractivity contribution >= 4 is 12.2 Å². The van der Waals surface area contributed by atoms with Crippen LogP contribution in [0.1, 0.15) is 20.9 Å². The van der Waals surface area contributed by atoms with E-state index >= 15 is 0 Å². The number of methoxy groups -OCH3 is 1. The largest absolute Gasteiger partial charge is 0.496 e. The topological polar surface area (TPSA) is 59.8 Å². The van der Waals surface area contributed by atoms with Crippen molar-refractivity contribution in [3.63, 3.8) is 0 Å². The number of amides is 1. The van der Waals surface area contributed by atoms with Crippen molar-refractivity contribution in [1.82, 2.24) is 4.90 Å². The monoisotopic (exact) mass is 273 g/mol. The van der Waals surface area contributed by atoms with Gasteiger partial charge in [0.05, 0.1) is 12.7 Å². The minimum absolute atomic E-state index is 0.161.